The van der Waals surface area contributed by atoms with Gasteiger partial charge in [0.05, 0.1) is 12.2 Å². The van der Waals surface area contributed by atoms with Crippen LogP contribution in [0.2, 0.25) is 0 Å². The van der Waals surface area contributed by atoms with Gasteiger partial charge >= 0.3 is 0 Å². The van der Waals surface area contributed by atoms with Crippen molar-refractivity contribution in [2.75, 3.05) is 6.54 Å². The molecule has 1 aliphatic rings. The van der Waals surface area contributed by atoms with E-state index in [1.807, 2.05) is 11.3 Å². The lowest BCUT2D eigenvalue weighted by Crippen LogP contribution is -2.36. The van der Waals surface area contributed by atoms with E-state index in [2.05, 4.69) is 45.2 Å². The number of rotatable bonds is 3. The maximum atomic E-state index is 4.91. The third-order valence-corrected chi connectivity index (χ3v) is 5.44. The molecule has 0 aliphatic carbocycles. The van der Waals surface area contributed by atoms with Crippen LogP contribution in [0.5, 0.6) is 0 Å². The molecule has 0 aromatic carbocycles. The van der Waals surface area contributed by atoms with Gasteiger partial charge in [-0.2, -0.15) is 12.6 Å². The number of aromatic nitrogens is 1. The molecule has 1 aromatic heterocycles. The molecule has 0 radical (unpaired) electrons. The third-order valence-electron chi connectivity index (χ3n) is 3.87. The molecule has 1 saturated heterocycles. The Morgan fingerprint density at radius 1 is 1.37 bits per heavy atom. The summed E-state index contributed by atoms with van der Waals surface area (Å²) < 4.78 is 0. The number of hydrogen-bond acceptors (Lipinski definition) is 4. The van der Waals surface area contributed by atoms with Crippen LogP contribution in [0.1, 0.15) is 62.5 Å². The van der Waals surface area contributed by atoms with E-state index in [-0.39, 0.29) is 5.41 Å². The van der Waals surface area contributed by atoms with Gasteiger partial charge in [0.25, 0.3) is 0 Å². The summed E-state index contributed by atoms with van der Waals surface area (Å²) in [6, 6.07) is 0.704. The van der Waals surface area contributed by atoms with Gasteiger partial charge in [-0.1, -0.05) is 27.2 Å². The van der Waals surface area contributed by atoms with Gasteiger partial charge < -0.3 is 0 Å². The number of nitrogens with zero attached hydrogens (tertiary/aromatic N) is 2. The summed E-state index contributed by atoms with van der Waals surface area (Å²) >= 11 is 6.32. The summed E-state index contributed by atoms with van der Waals surface area (Å²) in [5.74, 6) is 0.805. The van der Waals surface area contributed by atoms with Gasteiger partial charge in [-0.3, -0.25) is 4.90 Å². The quantitative estimate of drug-likeness (QED) is 0.840. The number of thiol groups is 1. The van der Waals surface area contributed by atoms with Crippen molar-refractivity contribution >= 4 is 24.0 Å². The van der Waals surface area contributed by atoms with E-state index < -0.39 is 0 Å². The Kier molecular flexibility index (Phi) is 4.96. The van der Waals surface area contributed by atoms with Gasteiger partial charge in [-0.15, -0.1) is 11.3 Å². The molecule has 0 saturated carbocycles. The minimum atomic E-state index is 0.125. The minimum absolute atomic E-state index is 0.125. The molecule has 2 nitrogen and oxygen atoms in total. The molecule has 2 rings (SSSR count). The highest BCUT2D eigenvalue weighted by Gasteiger charge is 2.24. The Balaban J connectivity index is 2.15. The lowest BCUT2D eigenvalue weighted by atomic mass is 9.91. The first-order valence-corrected chi connectivity index (χ1v) is 8.70. The van der Waals surface area contributed by atoms with Gasteiger partial charge in [0.1, 0.15) is 5.01 Å². The third kappa shape index (κ3) is 3.73. The number of likely N-dealkylation sites (tertiary alicyclic amines) is 1. The first-order chi connectivity index (χ1) is 8.91. The monoisotopic (exact) mass is 298 g/mol. The second kappa shape index (κ2) is 6.15. The molecule has 1 atom stereocenters. The van der Waals surface area contributed by atoms with Gasteiger partial charge in [-0.25, -0.2) is 4.98 Å². The highest BCUT2D eigenvalue weighted by atomic mass is 32.1. The number of piperidine rings is 1. The first kappa shape index (κ1) is 15.3. The van der Waals surface area contributed by atoms with E-state index in [4.69, 9.17) is 4.98 Å². The predicted octanol–water partition coefficient (Wildman–Crippen LogP) is 4.24. The second-order valence-electron chi connectivity index (χ2n) is 6.60. The Bertz CT molecular complexity index is 420. The van der Waals surface area contributed by atoms with Crippen molar-refractivity contribution in [2.45, 2.75) is 70.7 Å². The van der Waals surface area contributed by atoms with Gasteiger partial charge in [0.2, 0.25) is 0 Å². The molecule has 2 heterocycles. The van der Waals surface area contributed by atoms with E-state index in [0.29, 0.717) is 6.04 Å². The molecular weight excluding hydrogens is 272 g/mol. The van der Waals surface area contributed by atoms with Crippen LogP contribution in [0, 0.1) is 0 Å². The molecule has 0 amide bonds. The molecule has 1 unspecified atom stereocenters. The molecule has 108 valence electrons. The lowest BCUT2D eigenvalue weighted by molar-refractivity contribution is 0.152. The largest absolute Gasteiger partial charge is 0.294 e. The van der Waals surface area contributed by atoms with E-state index in [0.717, 1.165) is 12.3 Å². The molecule has 0 N–H and O–H groups in total. The SMILES string of the molecule is CC1CCCCN1Cc1nc(C(C)(C)C)c(CS)s1. The van der Waals surface area contributed by atoms with E-state index in [1.54, 1.807) is 0 Å². The second-order valence-corrected chi connectivity index (χ2v) is 8.09. The van der Waals surface area contributed by atoms with E-state index in [1.165, 1.54) is 41.4 Å². The molecule has 1 aliphatic heterocycles. The number of thiazole rings is 1. The van der Waals surface area contributed by atoms with Crippen molar-refractivity contribution < 1.29 is 0 Å². The molecular formula is C15H26N2S2. The van der Waals surface area contributed by atoms with Crippen LogP contribution in [0.25, 0.3) is 0 Å². The van der Waals surface area contributed by atoms with Crippen molar-refractivity contribution in [1.82, 2.24) is 9.88 Å². The highest BCUT2D eigenvalue weighted by Crippen LogP contribution is 2.32. The zero-order chi connectivity index (χ0) is 14.0. The van der Waals surface area contributed by atoms with Crippen LogP contribution in [0.3, 0.4) is 0 Å². The molecule has 4 heteroatoms. The maximum Gasteiger partial charge on any atom is 0.107 e. The normalized spacial score (nSPS) is 21.8. The van der Waals surface area contributed by atoms with Crippen LogP contribution in [-0.4, -0.2) is 22.5 Å². The Morgan fingerprint density at radius 2 is 2.11 bits per heavy atom. The van der Waals surface area contributed by atoms with Gasteiger partial charge in [0, 0.05) is 22.1 Å². The van der Waals surface area contributed by atoms with Crippen molar-refractivity contribution in [3.8, 4) is 0 Å². The van der Waals surface area contributed by atoms with Crippen molar-refractivity contribution in [2.24, 2.45) is 0 Å². The zero-order valence-electron chi connectivity index (χ0n) is 12.6. The average molecular weight is 299 g/mol. The lowest BCUT2D eigenvalue weighted by Gasteiger charge is -2.32. The smallest absolute Gasteiger partial charge is 0.107 e. The van der Waals surface area contributed by atoms with Crippen LogP contribution in [0.15, 0.2) is 0 Å². The summed E-state index contributed by atoms with van der Waals surface area (Å²) in [5, 5.41) is 1.27. The Morgan fingerprint density at radius 3 is 2.63 bits per heavy atom. The fraction of sp³-hybridized carbons (Fsp3) is 0.800. The van der Waals surface area contributed by atoms with Crippen LogP contribution in [-0.2, 0) is 17.7 Å². The predicted molar refractivity (Wildman–Crippen MR) is 87.2 cm³/mol. The van der Waals surface area contributed by atoms with Gasteiger partial charge in [-0.05, 0) is 26.3 Å². The fourth-order valence-corrected chi connectivity index (χ4v) is 4.24. The van der Waals surface area contributed by atoms with Crippen LogP contribution < -0.4 is 0 Å². The average Bonchev–Trinajstić information content (AvgIpc) is 2.75. The summed E-state index contributed by atoms with van der Waals surface area (Å²) in [4.78, 5) is 8.83. The fourth-order valence-electron chi connectivity index (χ4n) is 2.73. The zero-order valence-corrected chi connectivity index (χ0v) is 14.3. The molecule has 1 aromatic rings. The minimum Gasteiger partial charge on any atom is -0.294 e. The van der Waals surface area contributed by atoms with E-state index in [9.17, 15) is 0 Å². The molecule has 0 spiro atoms. The summed E-state index contributed by atoms with van der Waals surface area (Å²) in [6.45, 7) is 11.3. The van der Waals surface area contributed by atoms with Crippen molar-refractivity contribution in [1.29, 1.82) is 0 Å². The van der Waals surface area contributed by atoms with Gasteiger partial charge in [0.15, 0.2) is 0 Å². The van der Waals surface area contributed by atoms with E-state index >= 15 is 0 Å². The summed E-state index contributed by atoms with van der Waals surface area (Å²) in [5.41, 5.74) is 1.37. The molecule has 19 heavy (non-hydrogen) atoms. The Labute approximate surface area is 127 Å². The van der Waals surface area contributed by atoms with Crippen LogP contribution >= 0.6 is 24.0 Å². The summed E-state index contributed by atoms with van der Waals surface area (Å²) in [6.07, 6.45) is 4.04. The maximum absolute atomic E-state index is 4.91. The topological polar surface area (TPSA) is 16.1 Å². The first-order valence-electron chi connectivity index (χ1n) is 7.26. The van der Waals surface area contributed by atoms with Crippen LogP contribution in [0.4, 0.5) is 0 Å². The molecule has 0 bridgehead atoms. The number of hydrogen-bond donors (Lipinski definition) is 1. The van der Waals surface area contributed by atoms with Crippen molar-refractivity contribution in [3.63, 3.8) is 0 Å². The van der Waals surface area contributed by atoms with Crippen molar-refractivity contribution in [3.05, 3.63) is 15.6 Å². The standard InChI is InChI=1S/C15H26N2S2/c1-11-7-5-6-8-17(11)9-13-16-14(15(2,3)4)12(10-18)19-13/h11,18H,5-10H2,1-4H3. The molecule has 1 fully saturated rings. The summed E-state index contributed by atoms with van der Waals surface area (Å²) in [7, 11) is 0. The Hall–Kier alpha value is -0.0600. The highest BCUT2D eigenvalue weighted by molar-refractivity contribution is 7.79.